The molecule has 0 aliphatic heterocycles. The molecule has 9 aromatic carbocycles. The van der Waals surface area contributed by atoms with Crippen LogP contribution < -0.4 is 25.6 Å². The minimum absolute atomic E-state index is 0.861. The highest BCUT2D eigenvalue weighted by molar-refractivity contribution is 7.19. The summed E-state index contributed by atoms with van der Waals surface area (Å²) in [5.74, 6) is 0. The van der Waals surface area contributed by atoms with Crippen LogP contribution in [-0.4, -0.2) is 12.6 Å². The number of hydrogen-bond acceptors (Lipinski definition) is 2. The second kappa shape index (κ2) is 14.0. The van der Waals surface area contributed by atoms with Gasteiger partial charge in [-0.05, 0) is 81.4 Å². The maximum atomic E-state index is 6.56. The highest BCUT2D eigenvalue weighted by Crippen LogP contribution is 2.44. The first kappa shape index (κ1) is 33.9. The third-order valence-corrected chi connectivity index (χ3v) is 16.5. The van der Waals surface area contributed by atoms with Crippen molar-refractivity contribution in [3.05, 3.63) is 231 Å². The van der Waals surface area contributed by atoms with Crippen molar-refractivity contribution in [3.8, 4) is 5.69 Å². The van der Waals surface area contributed by atoms with Gasteiger partial charge in [0.2, 0.25) is 0 Å². The summed E-state index contributed by atoms with van der Waals surface area (Å²) < 4.78 is 8.95. The zero-order valence-corrected chi connectivity index (χ0v) is 32.7. The number of hydrogen-bond donors (Lipinski definition) is 0. The standard InChI is InChI=1S/C54H38N2OSi/c1-5-19-39(20-6-1)56-49-31-15-13-30-48(49)54-50(32-18-33-51(54)56)55(41-35-36-47-46-29-14-16-34-52(46)57-53(47)38-41)40-21-17-28-45(37-40)58(42-22-7-2-8-23-42,43-24-9-3-10-25-43)44-26-11-4-12-27-44/h1-38H. The maximum absolute atomic E-state index is 6.56. The highest BCUT2D eigenvalue weighted by Gasteiger charge is 2.41. The molecule has 11 aromatic rings. The summed E-state index contributed by atoms with van der Waals surface area (Å²) in [7, 11) is -2.83. The molecule has 4 heteroatoms. The van der Waals surface area contributed by atoms with E-state index in [1.54, 1.807) is 0 Å². The van der Waals surface area contributed by atoms with Crippen LogP contribution in [0.4, 0.5) is 17.1 Å². The zero-order chi connectivity index (χ0) is 38.5. The van der Waals surface area contributed by atoms with Crippen molar-refractivity contribution in [3.63, 3.8) is 0 Å². The smallest absolute Gasteiger partial charge is 0.179 e. The highest BCUT2D eigenvalue weighted by atomic mass is 28.3. The lowest BCUT2D eigenvalue weighted by Gasteiger charge is -2.35. The minimum Gasteiger partial charge on any atom is -0.456 e. The van der Waals surface area contributed by atoms with Gasteiger partial charge in [0.1, 0.15) is 11.2 Å². The molecule has 58 heavy (non-hydrogen) atoms. The van der Waals surface area contributed by atoms with Crippen LogP contribution in [-0.2, 0) is 0 Å². The Morgan fingerprint density at radius 2 is 0.879 bits per heavy atom. The normalized spacial score (nSPS) is 11.8. The third-order valence-electron chi connectivity index (χ3n) is 11.7. The van der Waals surface area contributed by atoms with Gasteiger partial charge in [0, 0.05) is 44.7 Å². The van der Waals surface area contributed by atoms with Gasteiger partial charge in [-0.2, -0.15) is 0 Å². The molecule has 0 amide bonds. The van der Waals surface area contributed by atoms with Crippen LogP contribution in [0.2, 0.25) is 0 Å². The second-order valence-corrected chi connectivity index (χ2v) is 18.7. The van der Waals surface area contributed by atoms with Crippen molar-refractivity contribution in [2.45, 2.75) is 0 Å². The molecule has 0 fully saturated rings. The van der Waals surface area contributed by atoms with E-state index >= 15 is 0 Å². The molecular weight excluding hydrogens is 721 g/mol. The van der Waals surface area contributed by atoms with Gasteiger partial charge in [0.15, 0.2) is 8.07 Å². The predicted octanol–water partition coefficient (Wildman–Crippen LogP) is 11.5. The SMILES string of the molecule is c1ccc(-n2c3ccccc3c3c(N(c4cccc([Si](c5ccccc5)(c5ccccc5)c5ccccc5)c4)c4ccc5c(c4)oc4ccccc45)cccc32)cc1. The average Bonchev–Trinajstić information content (AvgIpc) is 3.84. The van der Waals surface area contributed by atoms with E-state index in [4.69, 9.17) is 4.42 Å². The number of benzene rings is 9. The number of rotatable bonds is 8. The van der Waals surface area contributed by atoms with E-state index in [2.05, 4.69) is 234 Å². The molecule has 0 aliphatic rings. The summed E-state index contributed by atoms with van der Waals surface area (Å²) in [4.78, 5) is 2.44. The van der Waals surface area contributed by atoms with Gasteiger partial charge >= 0.3 is 0 Å². The Morgan fingerprint density at radius 1 is 0.362 bits per heavy atom. The van der Waals surface area contributed by atoms with E-state index in [0.29, 0.717) is 0 Å². The van der Waals surface area contributed by atoms with E-state index in [0.717, 1.165) is 50.2 Å². The van der Waals surface area contributed by atoms with Crippen LogP contribution in [0.1, 0.15) is 0 Å². The van der Waals surface area contributed by atoms with Gasteiger partial charge in [-0.1, -0.05) is 164 Å². The minimum atomic E-state index is -2.83. The molecule has 0 atom stereocenters. The van der Waals surface area contributed by atoms with E-state index in [1.807, 2.05) is 6.07 Å². The fraction of sp³-hybridized carbons (Fsp3) is 0. The van der Waals surface area contributed by atoms with Crippen molar-refractivity contribution < 1.29 is 4.42 Å². The van der Waals surface area contributed by atoms with Crippen LogP contribution in [0.25, 0.3) is 49.4 Å². The molecule has 11 rings (SSSR count). The van der Waals surface area contributed by atoms with Crippen molar-refractivity contribution in [2.75, 3.05) is 4.90 Å². The second-order valence-electron chi connectivity index (χ2n) is 14.9. The number of aromatic nitrogens is 1. The Bertz CT molecular complexity index is 3130. The Labute approximate surface area is 338 Å². The first-order chi connectivity index (χ1) is 28.8. The molecule has 0 radical (unpaired) electrons. The monoisotopic (exact) mass is 758 g/mol. The molecule has 0 aliphatic carbocycles. The summed E-state index contributed by atoms with van der Waals surface area (Å²) in [5.41, 5.74) is 8.41. The van der Waals surface area contributed by atoms with Crippen molar-refractivity contribution in [1.82, 2.24) is 4.57 Å². The van der Waals surface area contributed by atoms with Gasteiger partial charge < -0.3 is 13.9 Å². The number of furan rings is 1. The first-order valence-corrected chi connectivity index (χ1v) is 21.9. The topological polar surface area (TPSA) is 21.3 Å². The van der Waals surface area contributed by atoms with Gasteiger partial charge in [-0.15, -0.1) is 0 Å². The molecule has 0 unspecified atom stereocenters. The fourth-order valence-electron chi connectivity index (χ4n) is 9.27. The molecular formula is C54H38N2OSi. The summed E-state index contributed by atoms with van der Waals surface area (Å²) in [6, 6.07) is 83.9. The van der Waals surface area contributed by atoms with E-state index in [9.17, 15) is 0 Å². The Kier molecular flexibility index (Phi) is 8.16. The molecule has 3 nitrogen and oxygen atoms in total. The molecule has 0 N–H and O–H groups in total. The molecule has 0 saturated heterocycles. The van der Waals surface area contributed by atoms with Crippen LogP contribution in [0.15, 0.2) is 235 Å². The number of para-hydroxylation sites is 3. The van der Waals surface area contributed by atoms with Gasteiger partial charge in [0.25, 0.3) is 0 Å². The lowest BCUT2D eigenvalue weighted by molar-refractivity contribution is 0.669. The van der Waals surface area contributed by atoms with E-state index in [1.165, 1.54) is 37.0 Å². The van der Waals surface area contributed by atoms with Gasteiger partial charge in [0.05, 0.1) is 16.7 Å². The largest absolute Gasteiger partial charge is 0.456 e. The summed E-state index contributed by atoms with van der Waals surface area (Å²) >= 11 is 0. The van der Waals surface area contributed by atoms with Crippen LogP contribution in [0.5, 0.6) is 0 Å². The van der Waals surface area contributed by atoms with Crippen LogP contribution >= 0.6 is 0 Å². The van der Waals surface area contributed by atoms with E-state index < -0.39 is 8.07 Å². The Balaban J connectivity index is 1.22. The number of fused-ring (bicyclic) bond motifs is 6. The van der Waals surface area contributed by atoms with Crippen molar-refractivity contribution in [1.29, 1.82) is 0 Å². The molecule has 0 spiro atoms. The van der Waals surface area contributed by atoms with Crippen LogP contribution in [0.3, 0.4) is 0 Å². The third kappa shape index (κ3) is 5.34. The number of nitrogens with zero attached hydrogens (tertiary/aromatic N) is 2. The Hall–Kier alpha value is -7.40. The van der Waals surface area contributed by atoms with Gasteiger partial charge in [-0.25, -0.2) is 0 Å². The van der Waals surface area contributed by atoms with Crippen molar-refractivity contribution in [2.24, 2.45) is 0 Å². The lowest BCUT2D eigenvalue weighted by atomic mass is 10.1. The van der Waals surface area contributed by atoms with E-state index in [-0.39, 0.29) is 0 Å². The lowest BCUT2D eigenvalue weighted by Crippen LogP contribution is -2.74. The molecule has 0 saturated carbocycles. The van der Waals surface area contributed by atoms with Crippen LogP contribution in [0, 0.1) is 0 Å². The summed E-state index contributed by atoms with van der Waals surface area (Å²) in [6.45, 7) is 0. The molecule has 2 heterocycles. The van der Waals surface area contributed by atoms with Gasteiger partial charge in [-0.3, -0.25) is 0 Å². The average molecular weight is 759 g/mol. The van der Waals surface area contributed by atoms with Crippen molar-refractivity contribution >= 4 is 89.6 Å². The molecule has 274 valence electrons. The zero-order valence-electron chi connectivity index (χ0n) is 31.7. The predicted molar refractivity (Wildman–Crippen MR) is 246 cm³/mol. The Morgan fingerprint density at radius 3 is 1.57 bits per heavy atom. The number of anilines is 3. The first-order valence-electron chi connectivity index (χ1n) is 19.9. The quantitative estimate of drug-likeness (QED) is 0.114. The molecule has 2 aromatic heterocycles. The maximum Gasteiger partial charge on any atom is 0.179 e. The summed E-state index contributed by atoms with van der Waals surface area (Å²) in [5, 5.41) is 9.95. The summed E-state index contributed by atoms with van der Waals surface area (Å²) in [6.07, 6.45) is 0. The molecule has 0 bridgehead atoms. The fourth-order valence-corrected chi connectivity index (χ4v) is 14.1.